The molecule has 0 aromatic carbocycles. The van der Waals surface area contributed by atoms with Gasteiger partial charge in [-0.15, -0.1) is 0 Å². The number of hydrogen-bond acceptors (Lipinski definition) is 5. The molecule has 0 rings (SSSR count). The van der Waals surface area contributed by atoms with Crippen LogP contribution in [0, 0.1) is 5.92 Å². The first-order valence-corrected chi connectivity index (χ1v) is 6.41. The summed E-state index contributed by atoms with van der Waals surface area (Å²) in [4.78, 5) is 11.3. The van der Waals surface area contributed by atoms with Crippen LogP contribution in [0.5, 0.6) is 0 Å². The molecule has 0 saturated carbocycles. The summed E-state index contributed by atoms with van der Waals surface area (Å²) in [6.45, 7) is 9.80. The Morgan fingerprint density at radius 1 is 0.944 bits per heavy atom. The molecule has 0 bridgehead atoms. The lowest BCUT2D eigenvalue weighted by Crippen LogP contribution is -2.28. The fraction of sp³-hybridized carbons (Fsp3) is 0.923. The van der Waals surface area contributed by atoms with Crippen molar-refractivity contribution in [3.8, 4) is 0 Å². The number of ether oxygens (including phenoxy) is 3. The van der Waals surface area contributed by atoms with Crippen LogP contribution in [0.15, 0.2) is 0 Å². The van der Waals surface area contributed by atoms with E-state index in [1.807, 2.05) is 6.92 Å². The SMILES string of the molecule is CC(CO)OCC(C)OCC(C)OC(=O)C(C)C. The van der Waals surface area contributed by atoms with Gasteiger partial charge in [0.05, 0.1) is 37.9 Å². The number of carbonyl (C=O) groups is 1. The van der Waals surface area contributed by atoms with Gasteiger partial charge in [0.1, 0.15) is 6.10 Å². The van der Waals surface area contributed by atoms with Crippen molar-refractivity contribution in [3.63, 3.8) is 0 Å². The standard InChI is InChI=1S/C13H26O5/c1-9(2)13(15)18-12(5)8-17-11(4)7-16-10(3)6-14/h9-12,14H,6-8H2,1-5H3. The summed E-state index contributed by atoms with van der Waals surface area (Å²) in [6.07, 6.45) is -0.552. The van der Waals surface area contributed by atoms with E-state index in [0.29, 0.717) is 13.2 Å². The van der Waals surface area contributed by atoms with Gasteiger partial charge in [0, 0.05) is 0 Å². The minimum absolute atomic E-state index is 0.00484. The van der Waals surface area contributed by atoms with Crippen molar-refractivity contribution in [3.05, 3.63) is 0 Å². The normalized spacial score (nSPS) is 16.4. The molecular formula is C13H26O5. The van der Waals surface area contributed by atoms with Crippen LogP contribution in [0.4, 0.5) is 0 Å². The predicted octanol–water partition coefficient (Wildman–Crippen LogP) is 1.38. The molecule has 1 N–H and O–H groups in total. The van der Waals surface area contributed by atoms with E-state index in [4.69, 9.17) is 19.3 Å². The highest BCUT2D eigenvalue weighted by Crippen LogP contribution is 2.03. The quantitative estimate of drug-likeness (QED) is 0.636. The molecular weight excluding hydrogens is 236 g/mol. The lowest BCUT2D eigenvalue weighted by Gasteiger charge is -2.19. The number of aliphatic hydroxyl groups excluding tert-OH is 1. The number of carbonyl (C=O) groups excluding carboxylic acids is 1. The van der Waals surface area contributed by atoms with Crippen molar-refractivity contribution >= 4 is 5.97 Å². The molecule has 0 aliphatic carbocycles. The Balaban J connectivity index is 3.71. The molecule has 0 aromatic heterocycles. The third-order valence-electron chi connectivity index (χ3n) is 2.28. The number of rotatable bonds is 9. The largest absolute Gasteiger partial charge is 0.460 e. The third kappa shape index (κ3) is 8.44. The van der Waals surface area contributed by atoms with Gasteiger partial charge >= 0.3 is 5.97 Å². The van der Waals surface area contributed by atoms with Gasteiger partial charge in [-0.1, -0.05) is 13.8 Å². The van der Waals surface area contributed by atoms with E-state index in [9.17, 15) is 4.79 Å². The van der Waals surface area contributed by atoms with Crippen LogP contribution in [0.2, 0.25) is 0 Å². The Bertz CT molecular complexity index is 229. The molecule has 5 nitrogen and oxygen atoms in total. The van der Waals surface area contributed by atoms with Crippen LogP contribution in [0.1, 0.15) is 34.6 Å². The predicted molar refractivity (Wildman–Crippen MR) is 68.3 cm³/mol. The molecule has 0 heterocycles. The summed E-state index contributed by atoms with van der Waals surface area (Å²) < 4.78 is 16.0. The van der Waals surface area contributed by atoms with E-state index < -0.39 is 0 Å². The molecule has 0 spiro atoms. The Kier molecular flexibility index (Phi) is 8.97. The van der Waals surface area contributed by atoms with Crippen molar-refractivity contribution in [2.45, 2.75) is 52.9 Å². The van der Waals surface area contributed by atoms with Crippen molar-refractivity contribution in [1.82, 2.24) is 0 Å². The summed E-state index contributed by atoms with van der Waals surface area (Å²) in [5.41, 5.74) is 0. The van der Waals surface area contributed by atoms with Gasteiger partial charge < -0.3 is 19.3 Å². The molecule has 0 aliphatic heterocycles. The molecule has 0 aliphatic rings. The maximum absolute atomic E-state index is 11.3. The van der Waals surface area contributed by atoms with Crippen molar-refractivity contribution in [1.29, 1.82) is 0 Å². The summed E-state index contributed by atoms with van der Waals surface area (Å²) in [7, 11) is 0. The van der Waals surface area contributed by atoms with Crippen LogP contribution in [0.3, 0.4) is 0 Å². The zero-order valence-electron chi connectivity index (χ0n) is 12.0. The van der Waals surface area contributed by atoms with Gasteiger partial charge in [-0.25, -0.2) is 0 Å². The van der Waals surface area contributed by atoms with Gasteiger partial charge in [0.15, 0.2) is 0 Å². The molecule has 18 heavy (non-hydrogen) atoms. The third-order valence-corrected chi connectivity index (χ3v) is 2.28. The Labute approximate surface area is 109 Å². The van der Waals surface area contributed by atoms with E-state index in [2.05, 4.69) is 0 Å². The zero-order chi connectivity index (χ0) is 14.1. The van der Waals surface area contributed by atoms with E-state index >= 15 is 0 Å². The van der Waals surface area contributed by atoms with E-state index in [-0.39, 0.29) is 36.8 Å². The summed E-state index contributed by atoms with van der Waals surface area (Å²) in [5, 5.41) is 8.79. The molecule has 108 valence electrons. The molecule has 0 radical (unpaired) electrons. The topological polar surface area (TPSA) is 65.0 Å². The van der Waals surface area contributed by atoms with Crippen molar-refractivity contribution < 1.29 is 24.1 Å². The average Bonchev–Trinajstić information content (AvgIpc) is 2.32. The second-order valence-electron chi connectivity index (χ2n) is 4.87. The number of aliphatic hydroxyl groups is 1. The highest BCUT2D eigenvalue weighted by Gasteiger charge is 2.14. The van der Waals surface area contributed by atoms with Gasteiger partial charge in [0.2, 0.25) is 0 Å². The molecule has 0 aromatic rings. The second kappa shape index (κ2) is 9.30. The molecule has 0 amide bonds. The second-order valence-corrected chi connectivity index (χ2v) is 4.87. The number of esters is 1. The highest BCUT2D eigenvalue weighted by molar-refractivity contribution is 5.71. The van der Waals surface area contributed by atoms with E-state index in [1.54, 1.807) is 27.7 Å². The molecule has 0 saturated heterocycles. The Morgan fingerprint density at radius 2 is 1.44 bits per heavy atom. The molecule has 5 heteroatoms. The minimum atomic E-state index is -0.266. The summed E-state index contributed by atoms with van der Waals surface area (Å²) in [5.74, 6) is -0.345. The van der Waals surface area contributed by atoms with Gasteiger partial charge in [-0.05, 0) is 20.8 Å². The molecule has 3 atom stereocenters. The maximum Gasteiger partial charge on any atom is 0.308 e. The van der Waals surface area contributed by atoms with Gasteiger partial charge in [-0.3, -0.25) is 4.79 Å². The van der Waals surface area contributed by atoms with E-state index in [0.717, 1.165) is 0 Å². The lowest BCUT2D eigenvalue weighted by atomic mass is 10.2. The fourth-order valence-electron chi connectivity index (χ4n) is 1.07. The van der Waals surface area contributed by atoms with Crippen molar-refractivity contribution in [2.24, 2.45) is 5.92 Å². The minimum Gasteiger partial charge on any atom is -0.460 e. The average molecular weight is 262 g/mol. The monoisotopic (exact) mass is 262 g/mol. The lowest BCUT2D eigenvalue weighted by molar-refractivity contribution is -0.156. The molecule has 0 fully saturated rings. The summed E-state index contributed by atoms with van der Waals surface area (Å²) >= 11 is 0. The molecule has 3 unspecified atom stereocenters. The van der Waals surface area contributed by atoms with Crippen LogP contribution >= 0.6 is 0 Å². The van der Waals surface area contributed by atoms with Crippen LogP contribution in [-0.2, 0) is 19.0 Å². The Hall–Kier alpha value is -0.650. The van der Waals surface area contributed by atoms with Crippen LogP contribution in [-0.4, -0.2) is 49.2 Å². The fourth-order valence-corrected chi connectivity index (χ4v) is 1.07. The first kappa shape index (κ1) is 17.4. The smallest absolute Gasteiger partial charge is 0.308 e. The van der Waals surface area contributed by atoms with Gasteiger partial charge in [0.25, 0.3) is 0 Å². The maximum atomic E-state index is 11.3. The van der Waals surface area contributed by atoms with Crippen LogP contribution < -0.4 is 0 Å². The first-order chi connectivity index (χ1) is 8.36. The number of hydrogen-bond donors (Lipinski definition) is 1. The van der Waals surface area contributed by atoms with Gasteiger partial charge in [-0.2, -0.15) is 0 Å². The first-order valence-electron chi connectivity index (χ1n) is 6.41. The summed E-state index contributed by atoms with van der Waals surface area (Å²) in [6, 6.07) is 0. The Morgan fingerprint density at radius 3 is 1.94 bits per heavy atom. The zero-order valence-corrected chi connectivity index (χ0v) is 12.0. The van der Waals surface area contributed by atoms with Crippen LogP contribution in [0.25, 0.3) is 0 Å². The van der Waals surface area contributed by atoms with Crippen molar-refractivity contribution in [2.75, 3.05) is 19.8 Å². The van der Waals surface area contributed by atoms with E-state index in [1.165, 1.54) is 0 Å². The highest BCUT2D eigenvalue weighted by atomic mass is 16.6.